The van der Waals surface area contributed by atoms with Crippen molar-refractivity contribution < 1.29 is 8.42 Å². The molecule has 0 atom stereocenters. The van der Waals surface area contributed by atoms with Crippen molar-refractivity contribution in [3.8, 4) is 0 Å². The molecule has 0 aliphatic rings. The predicted molar refractivity (Wildman–Crippen MR) is 97.6 cm³/mol. The Kier molecular flexibility index (Phi) is 4.83. The summed E-state index contributed by atoms with van der Waals surface area (Å²) in [7, 11) is -3.88. The smallest absolute Gasteiger partial charge is 0.252 e. The van der Waals surface area contributed by atoms with Crippen molar-refractivity contribution in [2.24, 2.45) is 0 Å². The minimum atomic E-state index is -3.88. The predicted octanol–water partition coefficient (Wildman–Crippen LogP) is 3.02. The van der Waals surface area contributed by atoms with E-state index in [-0.39, 0.29) is 27.2 Å². The van der Waals surface area contributed by atoms with Gasteiger partial charge in [-0.3, -0.25) is 4.79 Å². The van der Waals surface area contributed by atoms with E-state index in [0.717, 1.165) is 17.1 Å². The zero-order chi connectivity index (χ0) is 18.2. The van der Waals surface area contributed by atoms with Gasteiger partial charge in [-0.1, -0.05) is 34.8 Å². The maximum Gasteiger partial charge on any atom is 0.252 e. The zero-order valence-corrected chi connectivity index (χ0v) is 15.3. The van der Waals surface area contributed by atoms with Crippen molar-refractivity contribution in [2.45, 2.75) is 18.4 Å². The van der Waals surface area contributed by atoms with Gasteiger partial charge in [0.1, 0.15) is 10.0 Å². The number of hydrogen-bond donors (Lipinski definition) is 2. The largest absolute Gasteiger partial charge is 0.322 e. The highest BCUT2D eigenvalue weighted by molar-refractivity contribution is 7.89. The first-order chi connectivity index (χ1) is 11.8. The van der Waals surface area contributed by atoms with Crippen LogP contribution in [0.3, 0.4) is 0 Å². The number of fused-ring (bicyclic) bond motifs is 1. The van der Waals surface area contributed by atoms with Crippen molar-refractivity contribution in [2.75, 3.05) is 0 Å². The van der Waals surface area contributed by atoms with Crippen LogP contribution in [-0.4, -0.2) is 18.4 Å². The molecule has 3 rings (SSSR count). The molecule has 130 valence electrons. The minimum absolute atomic E-state index is 0.0157. The molecule has 0 fully saturated rings. The van der Waals surface area contributed by atoms with E-state index in [1.54, 1.807) is 12.1 Å². The number of nitrogens with zero attached hydrogens (tertiary/aromatic N) is 1. The lowest BCUT2D eigenvalue weighted by Gasteiger charge is -2.08. The fraction of sp³-hybridized carbons (Fsp3) is 0.125. The second-order valence-electron chi connectivity index (χ2n) is 5.48. The second kappa shape index (κ2) is 6.76. The van der Waals surface area contributed by atoms with E-state index in [1.165, 1.54) is 6.07 Å². The number of aryl methyl sites for hydroxylation is 1. The van der Waals surface area contributed by atoms with Gasteiger partial charge in [-0.25, -0.2) is 18.1 Å². The molecule has 0 aliphatic carbocycles. The van der Waals surface area contributed by atoms with Crippen molar-refractivity contribution in [3.63, 3.8) is 0 Å². The van der Waals surface area contributed by atoms with Crippen LogP contribution in [0.2, 0.25) is 10.2 Å². The summed E-state index contributed by atoms with van der Waals surface area (Å²) in [6.45, 7) is 1.77. The quantitative estimate of drug-likeness (QED) is 0.661. The summed E-state index contributed by atoms with van der Waals surface area (Å²) >= 11 is 11.5. The molecular formula is C16H13Cl2N3O3S. The van der Waals surface area contributed by atoms with Crippen LogP contribution in [0.15, 0.2) is 46.2 Å². The van der Waals surface area contributed by atoms with E-state index < -0.39 is 10.0 Å². The Morgan fingerprint density at radius 2 is 1.96 bits per heavy atom. The summed E-state index contributed by atoms with van der Waals surface area (Å²) < 4.78 is 27.0. The summed E-state index contributed by atoms with van der Waals surface area (Å²) in [5, 5.41) is 0.871. The zero-order valence-electron chi connectivity index (χ0n) is 13.0. The van der Waals surface area contributed by atoms with Crippen LogP contribution in [0.4, 0.5) is 0 Å². The Hall–Kier alpha value is -1.93. The molecule has 0 aliphatic heterocycles. The number of nitrogens with one attached hydrogen (secondary N) is 2. The monoisotopic (exact) mass is 397 g/mol. The van der Waals surface area contributed by atoms with Gasteiger partial charge in [0.2, 0.25) is 10.0 Å². The van der Waals surface area contributed by atoms with Crippen molar-refractivity contribution >= 4 is 44.1 Å². The molecule has 25 heavy (non-hydrogen) atoms. The fourth-order valence-electron chi connectivity index (χ4n) is 2.31. The molecule has 0 unspecified atom stereocenters. The number of sulfonamides is 1. The number of rotatable bonds is 4. The van der Waals surface area contributed by atoms with Crippen molar-refractivity contribution in [1.82, 2.24) is 14.7 Å². The van der Waals surface area contributed by atoms with Gasteiger partial charge in [0.05, 0.1) is 5.02 Å². The molecule has 0 spiro atoms. The summed E-state index contributed by atoms with van der Waals surface area (Å²) in [5.41, 5.74) is 1.67. The summed E-state index contributed by atoms with van der Waals surface area (Å²) in [4.78, 5) is 18.5. The third-order valence-electron chi connectivity index (χ3n) is 3.61. The van der Waals surface area contributed by atoms with Gasteiger partial charge in [-0.15, -0.1) is 0 Å². The summed E-state index contributed by atoms with van der Waals surface area (Å²) in [6, 6.07) is 8.47. The highest BCUT2D eigenvalue weighted by atomic mass is 35.5. The van der Waals surface area contributed by atoms with Gasteiger partial charge in [-0.2, -0.15) is 0 Å². The average molecular weight is 398 g/mol. The van der Waals surface area contributed by atoms with Gasteiger partial charge < -0.3 is 4.98 Å². The first kappa shape index (κ1) is 17.9. The number of halogens is 2. The second-order valence-corrected chi connectivity index (χ2v) is 8.01. The minimum Gasteiger partial charge on any atom is -0.322 e. The van der Waals surface area contributed by atoms with Crippen LogP contribution in [-0.2, 0) is 16.6 Å². The molecule has 2 heterocycles. The van der Waals surface area contributed by atoms with Gasteiger partial charge in [0.25, 0.3) is 5.56 Å². The molecule has 6 nitrogen and oxygen atoms in total. The standard InChI is InChI=1S/C16H13Cl2N3O3S/c1-9-2-3-14-10(4-9)5-11(16(22)21-14)7-20-25(23,24)12-6-13(17)15(18)19-8-12/h2-6,8,20H,7H2,1H3,(H,21,22). The van der Waals surface area contributed by atoms with E-state index in [2.05, 4.69) is 14.7 Å². The van der Waals surface area contributed by atoms with Crippen LogP contribution in [0.5, 0.6) is 0 Å². The Bertz CT molecular complexity index is 1130. The SMILES string of the molecule is Cc1ccc2[nH]c(=O)c(CNS(=O)(=O)c3cnc(Cl)c(Cl)c3)cc2c1. The third-order valence-corrected chi connectivity index (χ3v) is 5.67. The Labute approximate surface area is 153 Å². The molecule has 2 aromatic heterocycles. The maximum absolute atomic E-state index is 12.3. The summed E-state index contributed by atoms with van der Waals surface area (Å²) in [6.07, 6.45) is 1.10. The highest BCUT2D eigenvalue weighted by Crippen LogP contribution is 2.22. The van der Waals surface area contributed by atoms with Crippen LogP contribution >= 0.6 is 23.2 Å². The van der Waals surface area contributed by atoms with E-state index in [1.807, 2.05) is 19.1 Å². The van der Waals surface area contributed by atoms with E-state index in [9.17, 15) is 13.2 Å². The first-order valence-electron chi connectivity index (χ1n) is 7.19. The average Bonchev–Trinajstić information content (AvgIpc) is 2.55. The molecule has 0 saturated heterocycles. The lowest BCUT2D eigenvalue weighted by Crippen LogP contribution is -2.27. The van der Waals surface area contributed by atoms with Crippen LogP contribution in [0, 0.1) is 6.92 Å². The number of H-pyrrole nitrogens is 1. The van der Waals surface area contributed by atoms with Gasteiger partial charge in [0.15, 0.2) is 0 Å². The number of aromatic nitrogens is 2. The van der Waals surface area contributed by atoms with Gasteiger partial charge in [-0.05, 0) is 36.6 Å². The molecule has 2 N–H and O–H groups in total. The Morgan fingerprint density at radius 3 is 2.68 bits per heavy atom. The van der Waals surface area contributed by atoms with Gasteiger partial charge >= 0.3 is 0 Å². The number of pyridine rings is 2. The molecule has 9 heteroatoms. The Morgan fingerprint density at radius 1 is 1.20 bits per heavy atom. The first-order valence-corrected chi connectivity index (χ1v) is 9.43. The molecule has 0 amide bonds. The van der Waals surface area contributed by atoms with E-state index in [4.69, 9.17) is 23.2 Å². The third kappa shape index (κ3) is 3.85. The van der Waals surface area contributed by atoms with Crippen LogP contribution in [0.1, 0.15) is 11.1 Å². The lowest BCUT2D eigenvalue weighted by atomic mass is 10.1. The van der Waals surface area contributed by atoms with E-state index in [0.29, 0.717) is 11.1 Å². The topological polar surface area (TPSA) is 91.9 Å². The number of hydrogen-bond acceptors (Lipinski definition) is 4. The highest BCUT2D eigenvalue weighted by Gasteiger charge is 2.17. The molecule has 0 bridgehead atoms. The molecule has 0 radical (unpaired) electrons. The number of benzene rings is 1. The van der Waals surface area contributed by atoms with Crippen LogP contribution in [0.25, 0.3) is 10.9 Å². The lowest BCUT2D eigenvalue weighted by molar-refractivity contribution is 0.580. The van der Waals surface area contributed by atoms with E-state index >= 15 is 0 Å². The van der Waals surface area contributed by atoms with Gasteiger partial charge in [0, 0.05) is 23.8 Å². The molecule has 3 aromatic rings. The van der Waals surface area contributed by atoms with Crippen molar-refractivity contribution in [1.29, 1.82) is 0 Å². The molecule has 0 saturated carbocycles. The Balaban J connectivity index is 1.89. The summed E-state index contributed by atoms with van der Waals surface area (Å²) in [5.74, 6) is 0. The normalized spacial score (nSPS) is 11.8. The van der Waals surface area contributed by atoms with Crippen LogP contribution < -0.4 is 10.3 Å². The van der Waals surface area contributed by atoms with Crippen molar-refractivity contribution in [3.05, 3.63) is 68.2 Å². The molecule has 1 aromatic carbocycles. The molecular weight excluding hydrogens is 385 g/mol. The number of aromatic amines is 1. The fourth-order valence-corrected chi connectivity index (χ4v) is 3.62. The maximum atomic E-state index is 12.3.